The van der Waals surface area contributed by atoms with Crippen LogP contribution in [0, 0.1) is 0 Å². The Morgan fingerprint density at radius 1 is 0.400 bits per heavy atom. The highest BCUT2D eigenvalue weighted by Gasteiger charge is 2.51. The number of rotatable bonds is 4. The molecule has 0 N–H and O–H groups in total. The number of anilines is 3. The van der Waals surface area contributed by atoms with Gasteiger partial charge < -0.3 is 9.32 Å². The molecule has 0 unspecified atom stereocenters. The van der Waals surface area contributed by atoms with Crippen LogP contribution in [0.4, 0.5) is 17.1 Å². The van der Waals surface area contributed by atoms with E-state index in [2.05, 4.69) is 175 Å². The number of pyridine rings is 1. The molecule has 8 aromatic carbocycles. The van der Waals surface area contributed by atoms with Gasteiger partial charge in [-0.05, 0) is 98.1 Å². The van der Waals surface area contributed by atoms with Crippen LogP contribution in [0.5, 0.6) is 0 Å². The summed E-state index contributed by atoms with van der Waals surface area (Å²) in [7, 11) is 0. The van der Waals surface area contributed by atoms with Gasteiger partial charge in [-0.3, -0.25) is 4.98 Å². The Morgan fingerprint density at radius 3 is 1.71 bits per heavy atom. The highest BCUT2D eigenvalue weighted by molar-refractivity contribution is 6.21. The lowest BCUT2D eigenvalue weighted by Crippen LogP contribution is -2.25. The molecule has 10 aromatic rings. The Morgan fingerprint density at radius 2 is 0.982 bits per heavy atom. The van der Waals surface area contributed by atoms with Crippen LogP contribution in [0.1, 0.15) is 22.3 Å². The maximum absolute atomic E-state index is 6.32. The molecule has 0 bridgehead atoms. The number of furan rings is 1. The Labute approximate surface area is 318 Å². The van der Waals surface area contributed by atoms with Crippen molar-refractivity contribution in [3.05, 3.63) is 217 Å². The summed E-state index contributed by atoms with van der Waals surface area (Å²) in [6, 6.07) is 66.1. The van der Waals surface area contributed by atoms with Gasteiger partial charge in [0.05, 0.1) is 17.3 Å². The normalized spacial score (nSPS) is 13.2. The molecule has 2 aliphatic rings. The van der Waals surface area contributed by atoms with Crippen molar-refractivity contribution in [1.29, 1.82) is 0 Å². The number of para-hydroxylation sites is 1. The maximum Gasteiger partial charge on any atom is 0.136 e. The smallest absolute Gasteiger partial charge is 0.136 e. The van der Waals surface area contributed by atoms with Crippen molar-refractivity contribution in [3.63, 3.8) is 0 Å². The van der Waals surface area contributed by atoms with Crippen molar-refractivity contribution < 1.29 is 4.42 Å². The lowest BCUT2D eigenvalue weighted by atomic mass is 9.70. The van der Waals surface area contributed by atoms with Gasteiger partial charge in [-0.25, -0.2) is 0 Å². The first-order valence-electron chi connectivity index (χ1n) is 18.9. The Hall–Kier alpha value is -7.23. The van der Waals surface area contributed by atoms with E-state index in [0.717, 1.165) is 49.8 Å². The largest absolute Gasteiger partial charge is 0.456 e. The van der Waals surface area contributed by atoms with Crippen LogP contribution >= 0.6 is 0 Å². The first-order chi connectivity index (χ1) is 27.3. The second-order valence-corrected chi connectivity index (χ2v) is 14.7. The summed E-state index contributed by atoms with van der Waals surface area (Å²) >= 11 is 0. The van der Waals surface area contributed by atoms with Crippen LogP contribution in [0.25, 0.3) is 66.1 Å². The third-order valence-electron chi connectivity index (χ3n) is 12.0. The summed E-state index contributed by atoms with van der Waals surface area (Å²) in [4.78, 5) is 7.30. The van der Waals surface area contributed by atoms with Crippen molar-refractivity contribution in [1.82, 2.24) is 4.98 Å². The standard InChI is InChI=1S/C52H32N2O/c1-2-12-33(13-3-1)34-22-24-35(25-23-34)54(48-32-53-31-43-40(48)27-29-50-51(43)41-17-7-11-21-49(41)55-50)36-26-28-47-42(30-36)39-16-6-10-20-46(39)52(47)44-18-8-4-14-37(44)38-15-5-9-19-45(38)52/h1-32H. The number of nitrogens with zero attached hydrogens (tertiary/aromatic N) is 2. The molecule has 0 saturated heterocycles. The van der Waals surface area contributed by atoms with Crippen molar-refractivity contribution in [3.8, 4) is 33.4 Å². The maximum atomic E-state index is 6.32. The van der Waals surface area contributed by atoms with Crippen molar-refractivity contribution in [2.75, 3.05) is 4.90 Å². The third-order valence-corrected chi connectivity index (χ3v) is 12.0. The quantitative estimate of drug-likeness (QED) is 0.183. The van der Waals surface area contributed by atoms with E-state index in [4.69, 9.17) is 9.40 Å². The first-order valence-corrected chi connectivity index (χ1v) is 18.9. The van der Waals surface area contributed by atoms with Gasteiger partial charge in [-0.2, -0.15) is 0 Å². The number of fused-ring (bicyclic) bond motifs is 15. The van der Waals surface area contributed by atoms with Gasteiger partial charge in [0.2, 0.25) is 0 Å². The number of hydrogen-bond donors (Lipinski definition) is 0. The van der Waals surface area contributed by atoms with Gasteiger partial charge in [0.15, 0.2) is 0 Å². The summed E-state index contributed by atoms with van der Waals surface area (Å²) in [6.45, 7) is 0. The SMILES string of the molecule is c1ccc(-c2ccc(N(c3ccc4c(c3)-c3ccccc3C43c4ccccc4-c4ccccc43)c3cncc4c3ccc3oc5ccccc5c34)cc2)cc1. The monoisotopic (exact) mass is 700 g/mol. The first kappa shape index (κ1) is 30.3. The molecular weight excluding hydrogens is 669 g/mol. The van der Waals surface area contributed by atoms with E-state index in [0.29, 0.717) is 0 Å². The Bertz CT molecular complexity index is 3110. The minimum absolute atomic E-state index is 0.394. The molecule has 0 atom stereocenters. The summed E-state index contributed by atoms with van der Waals surface area (Å²) < 4.78 is 6.32. The van der Waals surface area contributed by atoms with E-state index in [9.17, 15) is 0 Å². The number of benzene rings is 8. The zero-order valence-electron chi connectivity index (χ0n) is 29.8. The summed E-state index contributed by atoms with van der Waals surface area (Å²) in [5.41, 5.74) is 17.3. The molecule has 0 saturated carbocycles. The summed E-state index contributed by atoms with van der Waals surface area (Å²) in [6.07, 6.45) is 3.99. The van der Waals surface area contributed by atoms with E-state index in [-0.39, 0.29) is 0 Å². The van der Waals surface area contributed by atoms with Gasteiger partial charge in [-0.1, -0.05) is 140 Å². The summed E-state index contributed by atoms with van der Waals surface area (Å²) in [5, 5.41) is 4.36. The molecule has 2 aliphatic carbocycles. The van der Waals surface area contributed by atoms with Gasteiger partial charge in [0.1, 0.15) is 11.2 Å². The average Bonchev–Trinajstić information content (AvgIpc) is 3.89. The van der Waals surface area contributed by atoms with Crippen molar-refractivity contribution >= 4 is 49.8 Å². The van der Waals surface area contributed by atoms with Gasteiger partial charge in [-0.15, -0.1) is 0 Å². The molecule has 0 aliphatic heterocycles. The molecule has 0 fully saturated rings. The Kier molecular flexibility index (Phi) is 6.26. The van der Waals surface area contributed by atoms with E-state index >= 15 is 0 Å². The minimum atomic E-state index is -0.394. The van der Waals surface area contributed by atoms with Crippen LogP contribution in [-0.2, 0) is 5.41 Å². The predicted molar refractivity (Wildman–Crippen MR) is 225 cm³/mol. The van der Waals surface area contributed by atoms with Crippen LogP contribution in [0.3, 0.4) is 0 Å². The molecule has 3 nitrogen and oxygen atoms in total. The number of aromatic nitrogens is 1. The fourth-order valence-corrected chi connectivity index (χ4v) is 9.72. The van der Waals surface area contributed by atoms with Gasteiger partial charge in [0.25, 0.3) is 0 Å². The molecule has 3 heteroatoms. The molecule has 2 aromatic heterocycles. The zero-order valence-corrected chi connectivity index (χ0v) is 29.8. The molecule has 0 radical (unpaired) electrons. The predicted octanol–water partition coefficient (Wildman–Crippen LogP) is 13.6. The molecule has 0 amide bonds. The fraction of sp³-hybridized carbons (Fsp3) is 0.0192. The lowest BCUT2D eigenvalue weighted by molar-refractivity contribution is 0.669. The molecule has 12 rings (SSSR count). The van der Waals surface area contributed by atoms with Crippen LogP contribution in [0.2, 0.25) is 0 Å². The molecule has 55 heavy (non-hydrogen) atoms. The van der Waals surface area contributed by atoms with E-state index < -0.39 is 5.41 Å². The molecule has 2 heterocycles. The van der Waals surface area contributed by atoms with Crippen LogP contribution in [-0.4, -0.2) is 4.98 Å². The molecule has 1 spiro atoms. The van der Waals surface area contributed by atoms with Crippen LogP contribution < -0.4 is 4.90 Å². The second-order valence-electron chi connectivity index (χ2n) is 14.7. The van der Waals surface area contributed by atoms with Gasteiger partial charge in [0, 0.05) is 39.1 Å². The second kappa shape index (κ2) is 11.4. The molecule has 256 valence electrons. The zero-order chi connectivity index (χ0) is 36.1. The van der Waals surface area contributed by atoms with Crippen LogP contribution in [0.15, 0.2) is 199 Å². The van der Waals surface area contributed by atoms with Gasteiger partial charge >= 0.3 is 0 Å². The highest BCUT2D eigenvalue weighted by atomic mass is 16.3. The number of hydrogen-bond acceptors (Lipinski definition) is 3. The van der Waals surface area contributed by atoms with E-state index in [1.54, 1.807) is 0 Å². The summed E-state index contributed by atoms with van der Waals surface area (Å²) in [5.74, 6) is 0. The third kappa shape index (κ3) is 4.12. The van der Waals surface area contributed by atoms with E-state index in [1.807, 2.05) is 24.5 Å². The minimum Gasteiger partial charge on any atom is -0.456 e. The highest BCUT2D eigenvalue weighted by Crippen LogP contribution is 2.63. The van der Waals surface area contributed by atoms with Crippen molar-refractivity contribution in [2.24, 2.45) is 0 Å². The topological polar surface area (TPSA) is 29.3 Å². The fourth-order valence-electron chi connectivity index (χ4n) is 9.72. The van der Waals surface area contributed by atoms with E-state index in [1.165, 1.54) is 55.6 Å². The van der Waals surface area contributed by atoms with Crippen molar-refractivity contribution in [2.45, 2.75) is 5.41 Å². The lowest BCUT2D eigenvalue weighted by Gasteiger charge is -2.31. The average molecular weight is 701 g/mol. The Balaban J connectivity index is 1.11. The molecular formula is C52H32N2O.